The van der Waals surface area contributed by atoms with Crippen LogP contribution < -0.4 is 10.6 Å². The number of halogens is 2. The average Bonchev–Trinajstić information content (AvgIpc) is 3.08. The van der Waals surface area contributed by atoms with E-state index < -0.39 is 18.4 Å². The second-order valence-corrected chi connectivity index (χ2v) is 7.62. The highest BCUT2D eigenvalue weighted by Crippen LogP contribution is 2.27. The number of hydrogen-bond donors (Lipinski definition) is 3. The molecule has 2 amide bonds. The van der Waals surface area contributed by atoms with Crippen molar-refractivity contribution in [1.29, 1.82) is 0 Å². The summed E-state index contributed by atoms with van der Waals surface area (Å²) in [6.07, 6.45) is 5.67. The molecule has 0 aliphatic carbocycles. The number of amides is 2. The fourth-order valence-electron chi connectivity index (χ4n) is 3.24. The van der Waals surface area contributed by atoms with Gasteiger partial charge in [0.05, 0.1) is 18.3 Å². The van der Waals surface area contributed by atoms with Gasteiger partial charge in [-0.15, -0.1) is 0 Å². The van der Waals surface area contributed by atoms with Crippen molar-refractivity contribution in [3.63, 3.8) is 0 Å². The van der Waals surface area contributed by atoms with E-state index in [4.69, 9.17) is 0 Å². The molecule has 0 aromatic carbocycles. The molecule has 0 unspecified atom stereocenters. The van der Waals surface area contributed by atoms with Gasteiger partial charge < -0.3 is 20.5 Å². The van der Waals surface area contributed by atoms with Crippen LogP contribution in [0.2, 0.25) is 0 Å². The molecule has 3 N–H and O–H groups in total. The first-order valence-corrected chi connectivity index (χ1v) is 9.30. The standard InChI is InChI=1S/C19H24F2N6O2/c1-4-14(28)27-7-5-18(2,6-8-27)26-13-10-23-16-15(25-13)12(9-22-16)17(29)24-11-19(3,20)21/h4,9-10H,1,5-8,11H2,2-3H3,(H,22,23)(H,24,29)(H,25,26). The van der Waals surface area contributed by atoms with Crippen LogP contribution in [0, 0.1) is 0 Å². The zero-order valence-corrected chi connectivity index (χ0v) is 16.4. The molecule has 0 spiro atoms. The molecule has 2 aromatic rings. The Hall–Kier alpha value is -3.04. The number of carbonyl (C=O) groups is 2. The van der Waals surface area contributed by atoms with Crippen LogP contribution in [0.15, 0.2) is 25.0 Å². The van der Waals surface area contributed by atoms with Crippen LogP contribution >= 0.6 is 0 Å². The van der Waals surface area contributed by atoms with E-state index >= 15 is 0 Å². The summed E-state index contributed by atoms with van der Waals surface area (Å²) in [7, 11) is 0. The predicted molar refractivity (Wildman–Crippen MR) is 105 cm³/mol. The second kappa shape index (κ2) is 7.76. The summed E-state index contributed by atoms with van der Waals surface area (Å²) >= 11 is 0. The minimum atomic E-state index is -3.00. The maximum Gasteiger partial charge on any atom is 0.262 e. The minimum Gasteiger partial charge on any atom is -0.363 e. The summed E-state index contributed by atoms with van der Waals surface area (Å²) in [5, 5.41) is 5.54. The summed E-state index contributed by atoms with van der Waals surface area (Å²) in [5.74, 6) is -3.27. The molecular weight excluding hydrogens is 382 g/mol. The topological polar surface area (TPSA) is 103 Å². The van der Waals surface area contributed by atoms with Crippen molar-refractivity contribution in [1.82, 2.24) is 25.2 Å². The molecule has 3 rings (SSSR count). The third kappa shape index (κ3) is 4.87. The van der Waals surface area contributed by atoms with Crippen molar-refractivity contribution in [3.8, 4) is 0 Å². The molecule has 1 aliphatic rings. The molecule has 3 heterocycles. The van der Waals surface area contributed by atoms with Gasteiger partial charge in [0, 0.05) is 31.7 Å². The van der Waals surface area contributed by atoms with Gasteiger partial charge in [-0.1, -0.05) is 6.58 Å². The Morgan fingerprint density at radius 2 is 2.10 bits per heavy atom. The van der Waals surface area contributed by atoms with Gasteiger partial charge in [0.25, 0.3) is 11.8 Å². The largest absolute Gasteiger partial charge is 0.363 e. The third-order valence-electron chi connectivity index (χ3n) is 4.97. The fourth-order valence-corrected chi connectivity index (χ4v) is 3.24. The van der Waals surface area contributed by atoms with E-state index in [9.17, 15) is 18.4 Å². The Balaban J connectivity index is 1.73. The van der Waals surface area contributed by atoms with Gasteiger partial charge in [-0.05, 0) is 25.8 Å². The lowest BCUT2D eigenvalue weighted by atomic mass is 9.89. The highest BCUT2D eigenvalue weighted by atomic mass is 19.3. The van der Waals surface area contributed by atoms with Gasteiger partial charge in [-0.25, -0.2) is 18.7 Å². The lowest BCUT2D eigenvalue weighted by Crippen LogP contribution is -2.48. The van der Waals surface area contributed by atoms with E-state index in [-0.39, 0.29) is 17.0 Å². The molecule has 10 heteroatoms. The maximum absolute atomic E-state index is 13.0. The summed E-state index contributed by atoms with van der Waals surface area (Å²) in [6.45, 7) is 6.69. The van der Waals surface area contributed by atoms with Crippen molar-refractivity contribution in [2.24, 2.45) is 0 Å². The summed E-state index contributed by atoms with van der Waals surface area (Å²) in [6, 6.07) is 0. The van der Waals surface area contributed by atoms with Crippen LogP contribution in [0.1, 0.15) is 37.0 Å². The lowest BCUT2D eigenvalue weighted by Gasteiger charge is -2.39. The highest BCUT2D eigenvalue weighted by molar-refractivity contribution is 6.04. The fraction of sp³-hybridized carbons (Fsp3) is 0.474. The molecule has 0 saturated carbocycles. The number of aromatic amines is 1. The van der Waals surface area contributed by atoms with E-state index in [1.807, 2.05) is 6.92 Å². The Morgan fingerprint density at radius 3 is 2.72 bits per heavy atom. The molecule has 0 atom stereocenters. The molecule has 0 bridgehead atoms. The van der Waals surface area contributed by atoms with Gasteiger partial charge >= 0.3 is 0 Å². The second-order valence-electron chi connectivity index (χ2n) is 7.62. The monoisotopic (exact) mass is 406 g/mol. The van der Waals surface area contributed by atoms with Gasteiger partial charge in [-0.3, -0.25) is 9.59 Å². The number of piperidine rings is 1. The lowest BCUT2D eigenvalue weighted by molar-refractivity contribution is -0.127. The number of fused-ring (bicyclic) bond motifs is 1. The number of anilines is 1. The number of nitrogens with zero attached hydrogens (tertiary/aromatic N) is 3. The number of rotatable bonds is 6. The van der Waals surface area contributed by atoms with Crippen LogP contribution in [0.5, 0.6) is 0 Å². The third-order valence-corrected chi connectivity index (χ3v) is 4.97. The van der Waals surface area contributed by atoms with E-state index in [1.165, 1.54) is 12.3 Å². The van der Waals surface area contributed by atoms with E-state index in [0.717, 1.165) is 6.92 Å². The summed E-state index contributed by atoms with van der Waals surface area (Å²) < 4.78 is 26.0. The predicted octanol–water partition coefficient (Wildman–Crippen LogP) is 2.32. The number of aromatic nitrogens is 3. The zero-order chi connectivity index (χ0) is 21.2. The van der Waals surface area contributed by atoms with Crippen LogP contribution in [-0.2, 0) is 4.79 Å². The van der Waals surface area contributed by atoms with Crippen LogP contribution in [0.3, 0.4) is 0 Å². The van der Waals surface area contributed by atoms with Crippen molar-refractivity contribution in [3.05, 3.63) is 30.6 Å². The van der Waals surface area contributed by atoms with Crippen LogP contribution in [0.4, 0.5) is 14.6 Å². The number of H-pyrrole nitrogens is 1. The number of carbonyl (C=O) groups excluding carboxylic acids is 2. The molecule has 2 aromatic heterocycles. The van der Waals surface area contributed by atoms with Crippen molar-refractivity contribution in [2.75, 3.05) is 25.0 Å². The number of likely N-dealkylation sites (tertiary alicyclic amines) is 1. The van der Waals surface area contributed by atoms with Crippen molar-refractivity contribution >= 4 is 28.8 Å². The Kier molecular flexibility index (Phi) is 5.54. The number of alkyl halides is 2. The maximum atomic E-state index is 13.0. The smallest absolute Gasteiger partial charge is 0.262 e. The quantitative estimate of drug-likeness (QED) is 0.639. The van der Waals surface area contributed by atoms with Gasteiger partial charge in [-0.2, -0.15) is 0 Å². The Labute approximate surface area is 166 Å². The van der Waals surface area contributed by atoms with Crippen molar-refractivity contribution in [2.45, 2.75) is 38.2 Å². The highest BCUT2D eigenvalue weighted by Gasteiger charge is 2.32. The first kappa shape index (κ1) is 20.7. The summed E-state index contributed by atoms with van der Waals surface area (Å²) in [5.41, 5.74) is 0.538. The normalized spacial score (nSPS) is 16.5. The van der Waals surface area contributed by atoms with Gasteiger partial charge in [0.15, 0.2) is 5.65 Å². The molecular formula is C19H24F2N6O2. The average molecular weight is 406 g/mol. The molecule has 156 valence electrons. The van der Waals surface area contributed by atoms with Crippen LogP contribution in [0.25, 0.3) is 11.2 Å². The SMILES string of the molecule is C=CC(=O)N1CCC(C)(Nc2cnc3[nH]cc(C(=O)NCC(C)(F)F)c3n2)CC1. The first-order valence-electron chi connectivity index (χ1n) is 9.30. The molecule has 1 saturated heterocycles. The van der Waals surface area contributed by atoms with Gasteiger partial charge in [0.1, 0.15) is 11.3 Å². The zero-order valence-electron chi connectivity index (χ0n) is 16.4. The van der Waals surface area contributed by atoms with Gasteiger partial charge in [0.2, 0.25) is 5.91 Å². The van der Waals surface area contributed by atoms with Crippen LogP contribution in [-0.4, -0.2) is 62.8 Å². The summed E-state index contributed by atoms with van der Waals surface area (Å²) in [4.78, 5) is 37.3. The molecule has 1 aliphatic heterocycles. The van der Waals surface area contributed by atoms with E-state index in [2.05, 4.69) is 32.2 Å². The number of hydrogen-bond acceptors (Lipinski definition) is 5. The Morgan fingerprint density at radius 1 is 1.41 bits per heavy atom. The van der Waals surface area contributed by atoms with Crippen molar-refractivity contribution < 1.29 is 18.4 Å². The van der Waals surface area contributed by atoms with E-state index in [0.29, 0.717) is 42.9 Å². The number of nitrogens with one attached hydrogen (secondary N) is 3. The molecule has 1 fully saturated rings. The van der Waals surface area contributed by atoms with E-state index in [1.54, 1.807) is 11.1 Å². The minimum absolute atomic E-state index is 0.0890. The molecule has 0 radical (unpaired) electrons. The molecule has 8 nitrogen and oxygen atoms in total. The Bertz CT molecular complexity index is 928. The first-order chi connectivity index (χ1) is 13.6. The molecule has 29 heavy (non-hydrogen) atoms.